The Hall–Kier alpha value is -2.70. The molecule has 2 amide bonds. The maximum atomic E-state index is 12.4. The minimum atomic E-state index is -0.00456. The van der Waals surface area contributed by atoms with Crippen molar-refractivity contribution in [3.63, 3.8) is 0 Å². The van der Waals surface area contributed by atoms with Crippen molar-refractivity contribution in [1.82, 2.24) is 9.80 Å². The van der Waals surface area contributed by atoms with E-state index in [2.05, 4.69) is 20.4 Å². The number of hydrogen-bond donors (Lipinski definition) is 2. The van der Waals surface area contributed by atoms with Crippen molar-refractivity contribution in [3.05, 3.63) is 59.2 Å². The van der Waals surface area contributed by atoms with Gasteiger partial charge in [0.25, 0.3) is 0 Å². The second-order valence-electron chi connectivity index (χ2n) is 7.78. The molecule has 1 saturated heterocycles. The highest BCUT2D eigenvalue weighted by atomic mass is 16.2. The summed E-state index contributed by atoms with van der Waals surface area (Å²) in [7, 11) is 0. The van der Waals surface area contributed by atoms with E-state index in [0.717, 1.165) is 48.7 Å². The number of para-hydroxylation sites is 1. The van der Waals surface area contributed by atoms with E-state index in [1.807, 2.05) is 63.2 Å². The Morgan fingerprint density at radius 3 is 1.76 bits per heavy atom. The molecular formula is C23H30N4O2. The van der Waals surface area contributed by atoms with Gasteiger partial charge in [-0.25, -0.2) is 0 Å². The summed E-state index contributed by atoms with van der Waals surface area (Å²) in [5.74, 6) is 0.00281. The van der Waals surface area contributed by atoms with Crippen molar-refractivity contribution >= 4 is 23.2 Å². The fourth-order valence-corrected chi connectivity index (χ4v) is 3.54. The van der Waals surface area contributed by atoms with E-state index in [1.165, 1.54) is 5.56 Å². The molecule has 1 heterocycles. The van der Waals surface area contributed by atoms with Crippen LogP contribution in [-0.2, 0) is 9.59 Å². The summed E-state index contributed by atoms with van der Waals surface area (Å²) in [5, 5.41) is 5.98. The molecule has 2 aromatic rings. The lowest BCUT2D eigenvalue weighted by Gasteiger charge is -2.33. The van der Waals surface area contributed by atoms with E-state index < -0.39 is 0 Å². The topological polar surface area (TPSA) is 64.7 Å². The molecule has 0 aliphatic carbocycles. The van der Waals surface area contributed by atoms with E-state index in [4.69, 9.17) is 0 Å². The molecule has 0 spiro atoms. The van der Waals surface area contributed by atoms with Crippen LogP contribution >= 0.6 is 0 Å². The van der Waals surface area contributed by atoms with Gasteiger partial charge in [0.2, 0.25) is 11.8 Å². The molecule has 29 heavy (non-hydrogen) atoms. The predicted octanol–water partition coefficient (Wildman–Crippen LogP) is 2.81. The Morgan fingerprint density at radius 2 is 1.24 bits per heavy atom. The number of benzene rings is 2. The van der Waals surface area contributed by atoms with Crippen molar-refractivity contribution in [1.29, 1.82) is 0 Å². The van der Waals surface area contributed by atoms with Gasteiger partial charge in [0.1, 0.15) is 0 Å². The van der Waals surface area contributed by atoms with Crippen molar-refractivity contribution in [2.75, 3.05) is 49.9 Å². The number of nitrogens with one attached hydrogen (secondary N) is 2. The van der Waals surface area contributed by atoms with Gasteiger partial charge in [0, 0.05) is 37.6 Å². The van der Waals surface area contributed by atoms with Crippen molar-refractivity contribution in [2.24, 2.45) is 0 Å². The molecule has 1 aliphatic rings. The second kappa shape index (κ2) is 9.67. The first-order valence-electron chi connectivity index (χ1n) is 10.1. The molecule has 2 aromatic carbocycles. The fourth-order valence-electron chi connectivity index (χ4n) is 3.54. The van der Waals surface area contributed by atoms with Gasteiger partial charge in [-0.2, -0.15) is 0 Å². The van der Waals surface area contributed by atoms with Crippen molar-refractivity contribution in [2.45, 2.75) is 20.8 Å². The number of amides is 2. The number of rotatable bonds is 6. The van der Waals surface area contributed by atoms with Crippen LogP contribution in [0.4, 0.5) is 11.4 Å². The van der Waals surface area contributed by atoms with Gasteiger partial charge < -0.3 is 10.6 Å². The van der Waals surface area contributed by atoms with Crippen LogP contribution < -0.4 is 10.6 Å². The zero-order valence-electron chi connectivity index (χ0n) is 17.5. The molecule has 0 unspecified atom stereocenters. The monoisotopic (exact) mass is 394 g/mol. The van der Waals surface area contributed by atoms with Crippen LogP contribution in [0.2, 0.25) is 0 Å². The molecule has 0 radical (unpaired) electrons. The first-order chi connectivity index (χ1) is 13.9. The third-order valence-electron chi connectivity index (χ3n) is 5.28. The zero-order chi connectivity index (χ0) is 20.8. The summed E-state index contributed by atoms with van der Waals surface area (Å²) in [6, 6.07) is 13.8. The van der Waals surface area contributed by atoms with Gasteiger partial charge in [-0.15, -0.1) is 0 Å². The molecule has 0 saturated carbocycles. The standard InChI is InChI=1S/C23H30N4O2/c1-17-7-9-20(10-8-17)24-21(28)15-26-11-13-27(14-12-26)16-22(29)25-23-18(2)5-4-6-19(23)3/h4-10H,11-16H2,1-3H3,(H,24,28)(H,25,29). The minimum absolute atomic E-state index is 0.00456. The maximum absolute atomic E-state index is 12.4. The summed E-state index contributed by atoms with van der Waals surface area (Å²) < 4.78 is 0. The van der Waals surface area contributed by atoms with E-state index in [1.54, 1.807) is 0 Å². The molecule has 2 N–H and O–H groups in total. The van der Waals surface area contributed by atoms with Gasteiger partial charge >= 0.3 is 0 Å². The Bertz CT molecular complexity index is 835. The fraction of sp³-hybridized carbons (Fsp3) is 0.391. The highest BCUT2D eigenvalue weighted by molar-refractivity contribution is 5.94. The lowest BCUT2D eigenvalue weighted by molar-refractivity contribution is -0.120. The number of piperazine rings is 1. The largest absolute Gasteiger partial charge is 0.325 e. The molecule has 6 nitrogen and oxygen atoms in total. The third-order valence-corrected chi connectivity index (χ3v) is 5.28. The van der Waals surface area contributed by atoms with Crippen molar-refractivity contribution in [3.8, 4) is 0 Å². The molecular weight excluding hydrogens is 364 g/mol. The maximum Gasteiger partial charge on any atom is 0.238 e. The number of hydrogen-bond acceptors (Lipinski definition) is 4. The Morgan fingerprint density at radius 1 is 0.759 bits per heavy atom. The van der Waals surface area contributed by atoms with Crippen LogP contribution in [0.1, 0.15) is 16.7 Å². The van der Waals surface area contributed by atoms with Crippen LogP contribution in [0.3, 0.4) is 0 Å². The highest BCUT2D eigenvalue weighted by Gasteiger charge is 2.21. The quantitative estimate of drug-likeness (QED) is 0.791. The molecule has 0 aromatic heterocycles. The summed E-state index contributed by atoms with van der Waals surface area (Å²) in [6.45, 7) is 9.87. The summed E-state index contributed by atoms with van der Waals surface area (Å²) in [5.41, 5.74) is 5.04. The molecule has 1 aliphatic heterocycles. The number of nitrogens with zero attached hydrogens (tertiary/aromatic N) is 2. The smallest absolute Gasteiger partial charge is 0.238 e. The number of aryl methyl sites for hydroxylation is 3. The van der Waals surface area contributed by atoms with Crippen LogP contribution in [0.25, 0.3) is 0 Å². The van der Waals surface area contributed by atoms with Crippen LogP contribution in [0.15, 0.2) is 42.5 Å². The third kappa shape index (κ3) is 6.14. The first kappa shape index (κ1) is 21.0. The average Bonchev–Trinajstić information content (AvgIpc) is 2.68. The van der Waals surface area contributed by atoms with Gasteiger partial charge in [-0.3, -0.25) is 19.4 Å². The van der Waals surface area contributed by atoms with Crippen LogP contribution in [0, 0.1) is 20.8 Å². The van der Waals surface area contributed by atoms with E-state index >= 15 is 0 Å². The Balaban J connectivity index is 1.41. The first-order valence-corrected chi connectivity index (χ1v) is 10.1. The van der Waals surface area contributed by atoms with E-state index in [-0.39, 0.29) is 11.8 Å². The SMILES string of the molecule is Cc1ccc(NC(=O)CN2CCN(CC(=O)Nc3c(C)cccc3C)CC2)cc1. The predicted molar refractivity (Wildman–Crippen MR) is 117 cm³/mol. The molecule has 154 valence electrons. The minimum Gasteiger partial charge on any atom is -0.325 e. The summed E-state index contributed by atoms with van der Waals surface area (Å²) >= 11 is 0. The van der Waals surface area contributed by atoms with Gasteiger partial charge in [0.05, 0.1) is 13.1 Å². The average molecular weight is 395 g/mol. The van der Waals surface area contributed by atoms with Crippen LogP contribution in [0.5, 0.6) is 0 Å². The molecule has 0 atom stereocenters. The summed E-state index contributed by atoms with van der Waals surface area (Å²) in [6.07, 6.45) is 0. The number of carbonyl (C=O) groups excluding carboxylic acids is 2. The Labute approximate surface area is 172 Å². The normalized spacial score (nSPS) is 15.1. The lowest BCUT2D eigenvalue weighted by Crippen LogP contribution is -2.50. The Kier molecular flexibility index (Phi) is 7.01. The number of carbonyl (C=O) groups is 2. The van der Waals surface area contributed by atoms with Gasteiger partial charge in [0.15, 0.2) is 0 Å². The molecule has 0 bridgehead atoms. The summed E-state index contributed by atoms with van der Waals surface area (Å²) in [4.78, 5) is 29.0. The van der Waals surface area contributed by atoms with Crippen LogP contribution in [-0.4, -0.2) is 60.9 Å². The zero-order valence-corrected chi connectivity index (χ0v) is 17.5. The van der Waals surface area contributed by atoms with Gasteiger partial charge in [-0.05, 0) is 44.0 Å². The lowest BCUT2D eigenvalue weighted by atomic mass is 10.1. The van der Waals surface area contributed by atoms with Gasteiger partial charge in [-0.1, -0.05) is 35.9 Å². The van der Waals surface area contributed by atoms with E-state index in [9.17, 15) is 9.59 Å². The molecule has 6 heteroatoms. The molecule has 1 fully saturated rings. The highest BCUT2D eigenvalue weighted by Crippen LogP contribution is 2.19. The number of anilines is 2. The second-order valence-corrected chi connectivity index (χ2v) is 7.78. The van der Waals surface area contributed by atoms with Crippen molar-refractivity contribution < 1.29 is 9.59 Å². The van der Waals surface area contributed by atoms with E-state index in [0.29, 0.717) is 13.1 Å². The molecule has 3 rings (SSSR count).